The second-order valence-electron chi connectivity index (χ2n) is 22.8. The Morgan fingerprint density at radius 1 is 0.842 bits per heavy atom. The summed E-state index contributed by atoms with van der Waals surface area (Å²) in [4.78, 5) is 61.0. The molecular weight excluding hydrogens is 985 g/mol. The van der Waals surface area contributed by atoms with E-state index < -0.39 is 89.0 Å². The van der Waals surface area contributed by atoms with E-state index in [2.05, 4.69) is 34.0 Å². The van der Waals surface area contributed by atoms with Crippen LogP contribution in [-0.4, -0.2) is 179 Å². The van der Waals surface area contributed by atoms with Gasteiger partial charge < -0.3 is 59.4 Å². The summed E-state index contributed by atoms with van der Waals surface area (Å²) < 4.78 is 52.5. The number of methoxy groups -OCH3 is 1. The monoisotopic (exact) mass is 1060 g/mol. The summed E-state index contributed by atoms with van der Waals surface area (Å²) in [5, 5.41) is 51.6. The average molecular weight is 1060 g/mol. The molecule has 2 aromatic carbocycles. The van der Waals surface area contributed by atoms with Crippen molar-refractivity contribution in [2.24, 2.45) is 39.6 Å². The first-order valence-electron chi connectivity index (χ1n) is 27.1. The van der Waals surface area contributed by atoms with Gasteiger partial charge >= 0.3 is 11.9 Å². The number of aromatic hydroxyl groups is 2. The predicted molar refractivity (Wildman–Crippen MR) is 281 cm³/mol. The Morgan fingerprint density at radius 3 is 2.11 bits per heavy atom. The van der Waals surface area contributed by atoms with Crippen molar-refractivity contribution < 1.29 is 62.5 Å². The van der Waals surface area contributed by atoms with Gasteiger partial charge in [0.2, 0.25) is 0 Å². The number of alkyl halides is 2. The lowest BCUT2D eigenvalue weighted by atomic mass is 9.78. The number of carbonyl (C=O) groups is 3. The number of carbonyl (C=O) groups excluding carboxylic acids is 3. The van der Waals surface area contributed by atoms with Gasteiger partial charge in [-0.1, -0.05) is 59.8 Å². The van der Waals surface area contributed by atoms with Crippen LogP contribution in [0.5, 0.6) is 17.2 Å². The van der Waals surface area contributed by atoms with Gasteiger partial charge in [-0.05, 0) is 25.8 Å². The Hall–Kier alpha value is -5.25. The number of nitrogens with zero attached hydrogens (tertiary/aromatic N) is 6. The lowest BCUT2D eigenvalue weighted by Crippen LogP contribution is -2.53. The maximum absolute atomic E-state index is 15.0. The molecule has 20 heteroatoms. The van der Waals surface area contributed by atoms with Crippen molar-refractivity contribution in [3.8, 4) is 17.2 Å². The number of phenols is 2. The first-order chi connectivity index (χ1) is 35.9. The number of aliphatic hydroxyl groups is 2. The highest BCUT2D eigenvalue weighted by atomic mass is 19.3. The maximum atomic E-state index is 15.0. The predicted octanol–water partition coefficient (Wildman–Crippen LogP) is 5.67. The number of piperidine rings is 2. The molecule has 3 fully saturated rings. The van der Waals surface area contributed by atoms with E-state index in [1.165, 1.54) is 26.4 Å². The third kappa shape index (κ3) is 11.5. The number of anilines is 1. The van der Waals surface area contributed by atoms with E-state index in [4.69, 9.17) is 23.9 Å². The summed E-state index contributed by atoms with van der Waals surface area (Å²) >= 11 is 0. The number of halogens is 2. The molecule has 76 heavy (non-hydrogen) atoms. The number of amides is 2. The van der Waals surface area contributed by atoms with Gasteiger partial charge in [-0.25, -0.2) is 18.6 Å². The van der Waals surface area contributed by atoms with Gasteiger partial charge in [-0.2, -0.15) is 0 Å². The van der Waals surface area contributed by atoms with Crippen molar-refractivity contribution >= 4 is 34.2 Å². The summed E-state index contributed by atoms with van der Waals surface area (Å²) in [5.74, 6) is -9.11. The Kier molecular flexibility index (Phi) is 16.9. The van der Waals surface area contributed by atoms with Gasteiger partial charge in [0.25, 0.3) is 17.6 Å². The van der Waals surface area contributed by atoms with E-state index in [0.717, 1.165) is 6.54 Å². The van der Waals surface area contributed by atoms with Gasteiger partial charge in [0.05, 0.1) is 41.2 Å². The summed E-state index contributed by atoms with van der Waals surface area (Å²) in [6.07, 6.45) is 3.80. The molecule has 5 bridgehead atoms. The SMILES string of the molecule is CO[C@H]1/C=C/O[C@@]2(C)Oc3c(C)c(O)c4c(O)c(c5c(c4c3C2=O)NC2(CCN(CC(C)C)CC2)N=5)=NC(=O)/C(C)=C\C=C\[C@H](C)[C@H](O)[C@@H](C)[C@@H](O)[C@@H](C)[C@H](OC(=O)N2CCN(CCN3CCC(F)(F)CC3)CC2)[C@@H]1C. The second-order valence-corrected chi connectivity index (χ2v) is 22.8. The number of fused-ring (bicyclic) bond motifs is 13. The summed E-state index contributed by atoms with van der Waals surface area (Å²) in [6, 6.07) is 0. The molecule has 0 radical (unpaired) electrons. The molecule has 0 aliphatic carbocycles. The lowest BCUT2D eigenvalue weighted by Gasteiger charge is -2.40. The van der Waals surface area contributed by atoms with E-state index in [1.807, 2.05) is 4.90 Å². The zero-order valence-electron chi connectivity index (χ0n) is 45.8. The number of aliphatic hydroxyl groups excluding tert-OH is 2. The van der Waals surface area contributed by atoms with Crippen LogP contribution in [0, 0.1) is 36.5 Å². The molecule has 0 aromatic heterocycles. The molecule has 2 amide bonds. The third-order valence-electron chi connectivity index (χ3n) is 16.8. The standard InChI is InChI=1S/C56H79F2N7O11/c1-31(2)30-64-21-17-56(18-22-64)60-42-39-40-47(68)37(8)50-41(39)51(70)54(9,76-50)74-29-14-38(73-10)34(5)49(75-53(72)65-27-25-63(26-28-65)24-23-62-19-15-55(57,58)16-20-62)36(7)46(67)35(6)45(66)32(3)12-11-13-33(4)52(71)59-44(48(40)69)43(42)61-56/h11-14,29,31-32,34-36,38,45-46,49,60,66-69H,15-28,30H2,1-10H3/b12-11+,29-14+,33-13-,59-44?/t32-,34+,35+,36+,38-,45-,46+,49+,54-/m0/s1. The topological polar surface area (TPSA) is 219 Å². The fourth-order valence-electron chi connectivity index (χ4n) is 11.8. The third-order valence-corrected chi connectivity index (χ3v) is 16.8. The number of ether oxygens (including phenoxy) is 4. The number of ketones is 1. The van der Waals surface area contributed by atoms with Crippen LogP contribution in [0.3, 0.4) is 0 Å². The minimum atomic E-state index is -2.61. The number of allylic oxidation sites excluding steroid dienone is 2. The quantitative estimate of drug-likeness (QED) is 0.211. The molecule has 9 rings (SSSR count). The Bertz CT molecular complexity index is 2750. The van der Waals surface area contributed by atoms with E-state index in [-0.39, 0.29) is 62.5 Å². The maximum Gasteiger partial charge on any atom is 0.410 e. The van der Waals surface area contributed by atoms with Crippen LogP contribution >= 0.6 is 0 Å². The molecular formula is C56H79F2N7O11. The van der Waals surface area contributed by atoms with Crippen molar-refractivity contribution in [1.29, 1.82) is 0 Å². The number of nitrogens with one attached hydrogen (secondary N) is 1. The fraction of sp³-hybridized carbons (Fsp3) is 0.661. The number of likely N-dealkylation sites (tertiary alicyclic amines) is 2. The van der Waals surface area contributed by atoms with E-state index in [1.54, 1.807) is 64.7 Å². The number of hydrogen-bond acceptors (Lipinski definition) is 16. The van der Waals surface area contributed by atoms with Gasteiger partial charge in [-0.3, -0.25) is 19.5 Å². The number of rotatable bonds is 7. The van der Waals surface area contributed by atoms with Crippen LogP contribution in [0.2, 0.25) is 0 Å². The zero-order valence-corrected chi connectivity index (χ0v) is 45.8. The van der Waals surface area contributed by atoms with Crippen LogP contribution < -0.4 is 20.8 Å². The molecule has 7 aliphatic heterocycles. The number of hydrogen-bond donors (Lipinski definition) is 5. The molecule has 9 atom stereocenters. The largest absolute Gasteiger partial charge is 0.507 e. The van der Waals surface area contributed by atoms with Crippen LogP contribution in [-0.2, 0) is 19.0 Å². The molecule has 2 aromatic rings. The Labute approximate surface area is 444 Å². The average Bonchev–Trinajstić information content (AvgIpc) is 3.89. The molecule has 0 unspecified atom stereocenters. The second kappa shape index (κ2) is 22.6. The minimum Gasteiger partial charge on any atom is -0.507 e. The molecule has 3 saturated heterocycles. The van der Waals surface area contributed by atoms with Crippen LogP contribution in [0.15, 0.2) is 46.1 Å². The Balaban J connectivity index is 1.13. The molecule has 0 saturated carbocycles. The summed E-state index contributed by atoms with van der Waals surface area (Å²) in [6.45, 7) is 22.1. The normalized spacial score (nSPS) is 32.2. The highest BCUT2D eigenvalue weighted by molar-refractivity contribution is 6.21. The zero-order chi connectivity index (χ0) is 55.2. The molecule has 1 spiro atoms. The molecule has 7 aliphatic rings. The smallest absolute Gasteiger partial charge is 0.410 e. The van der Waals surface area contributed by atoms with Gasteiger partial charge in [0.1, 0.15) is 34.0 Å². The highest BCUT2D eigenvalue weighted by Crippen LogP contribution is 2.51. The van der Waals surface area contributed by atoms with E-state index in [0.29, 0.717) is 89.9 Å². The van der Waals surface area contributed by atoms with Gasteiger partial charge in [0, 0.05) is 152 Å². The molecule has 7 heterocycles. The number of benzene rings is 2. The fourth-order valence-corrected chi connectivity index (χ4v) is 11.8. The van der Waals surface area contributed by atoms with Crippen molar-refractivity contribution in [3.63, 3.8) is 0 Å². The molecule has 5 N–H and O–H groups in total. The number of Topliss-reactive ketones (excluding diaryl/α,β-unsaturated/α-hetero) is 1. The van der Waals surface area contributed by atoms with Crippen molar-refractivity contribution in [2.45, 2.75) is 130 Å². The van der Waals surface area contributed by atoms with E-state index in [9.17, 15) is 43.6 Å². The highest BCUT2D eigenvalue weighted by Gasteiger charge is 2.51. The first kappa shape index (κ1) is 56.9. The van der Waals surface area contributed by atoms with Crippen LogP contribution in [0.25, 0.3) is 10.8 Å². The van der Waals surface area contributed by atoms with Gasteiger partial charge in [0.15, 0.2) is 5.75 Å². The first-order valence-corrected chi connectivity index (χ1v) is 27.1. The van der Waals surface area contributed by atoms with E-state index >= 15 is 0 Å². The van der Waals surface area contributed by atoms with Crippen LogP contribution in [0.1, 0.15) is 97.0 Å². The number of phenolic OH excluding ortho intramolecular Hbond substituents is 2. The van der Waals surface area contributed by atoms with Crippen LogP contribution in [0.4, 0.5) is 19.3 Å². The lowest BCUT2D eigenvalue weighted by molar-refractivity contribution is -0.114. The Morgan fingerprint density at radius 2 is 1.47 bits per heavy atom. The minimum absolute atomic E-state index is 0.0327. The van der Waals surface area contributed by atoms with Crippen molar-refractivity contribution in [1.82, 2.24) is 19.6 Å². The van der Waals surface area contributed by atoms with Crippen molar-refractivity contribution in [3.05, 3.63) is 58.0 Å². The molecule has 18 nitrogen and oxygen atoms in total. The molecule has 418 valence electrons. The number of piperazine rings is 1. The van der Waals surface area contributed by atoms with Gasteiger partial charge in [-0.15, -0.1) is 0 Å². The summed E-state index contributed by atoms with van der Waals surface area (Å²) in [5.41, 5.74) is -0.219. The summed E-state index contributed by atoms with van der Waals surface area (Å²) in [7, 11) is 1.47. The van der Waals surface area contributed by atoms with Crippen molar-refractivity contribution in [2.75, 3.05) is 84.4 Å².